The van der Waals surface area contributed by atoms with Gasteiger partial charge in [-0.25, -0.2) is 0 Å². The van der Waals surface area contributed by atoms with Crippen LogP contribution in [0.15, 0.2) is 18.2 Å². The molecule has 0 heterocycles. The van der Waals surface area contributed by atoms with Gasteiger partial charge in [-0.15, -0.1) is 0 Å². The van der Waals surface area contributed by atoms with Gasteiger partial charge in [-0.1, -0.05) is 32.4 Å². The molecule has 0 aromatic heterocycles. The van der Waals surface area contributed by atoms with Gasteiger partial charge in [0.05, 0.1) is 0 Å². The molecular formula is C16H28N2. The largest absolute Gasteiger partial charge is 0.374 e. The highest BCUT2D eigenvalue weighted by Crippen LogP contribution is 2.20. The van der Waals surface area contributed by atoms with E-state index in [1.807, 2.05) is 0 Å². The second-order valence-electron chi connectivity index (χ2n) is 5.07. The van der Waals surface area contributed by atoms with E-state index in [9.17, 15) is 0 Å². The predicted octanol–water partition coefficient (Wildman–Crippen LogP) is 3.73. The number of aryl methyl sites for hydroxylation is 1. The van der Waals surface area contributed by atoms with Gasteiger partial charge < -0.3 is 10.2 Å². The number of hydrogen-bond acceptors (Lipinski definition) is 2. The molecule has 0 aliphatic carbocycles. The van der Waals surface area contributed by atoms with E-state index in [0.717, 1.165) is 19.6 Å². The molecule has 2 heteroatoms. The van der Waals surface area contributed by atoms with Crippen molar-refractivity contribution in [2.75, 3.05) is 25.0 Å². The summed E-state index contributed by atoms with van der Waals surface area (Å²) in [7, 11) is 2.19. The van der Waals surface area contributed by atoms with Crippen molar-refractivity contribution in [2.45, 2.75) is 46.6 Å². The normalized spacial score (nSPS) is 10.7. The molecule has 0 atom stereocenters. The summed E-state index contributed by atoms with van der Waals surface area (Å²) >= 11 is 0. The third-order valence-electron chi connectivity index (χ3n) is 3.28. The molecule has 18 heavy (non-hydrogen) atoms. The summed E-state index contributed by atoms with van der Waals surface area (Å²) in [6.07, 6.45) is 3.70. The van der Waals surface area contributed by atoms with Crippen LogP contribution in [0.2, 0.25) is 0 Å². The van der Waals surface area contributed by atoms with Crippen LogP contribution >= 0.6 is 0 Å². The average Bonchev–Trinajstić information content (AvgIpc) is 2.36. The summed E-state index contributed by atoms with van der Waals surface area (Å²) in [6.45, 7) is 9.87. The van der Waals surface area contributed by atoms with Crippen molar-refractivity contribution in [2.24, 2.45) is 0 Å². The molecule has 0 fully saturated rings. The lowest BCUT2D eigenvalue weighted by Crippen LogP contribution is -2.19. The number of rotatable bonds is 8. The van der Waals surface area contributed by atoms with E-state index in [-0.39, 0.29) is 0 Å². The highest BCUT2D eigenvalue weighted by atomic mass is 15.1. The van der Waals surface area contributed by atoms with Crippen LogP contribution < -0.4 is 10.2 Å². The number of unbranched alkanes of at least 4 members (excludes halogenated alkanes) is 1. The van der Waals surface area contributed by atoms with Crippen LogP contribution in [0.5, 0.6) is 0 Å². The van der Waals surface area contributed by atoms with Crippen LogP contribution in [0.4, 0.5) is 5.69 Å². The van der Waals surface area contributed by atoms with E-state index in [1.54, 1.807) is 0 Å². The van der Waals surface area contributed by atoms with Gasteiger partial charge in [0.2, 0.25) is 0 Å². The first-order chi connectivity index (χ1) is 8.69. The molecule has 1 aromatic carbocycles. The van der Waals surface area contributed by atoms with Crippen molar-refractivity contribution >= 4 is 5.69 Å². The molecule has 0 saturated heterocycles. The minimum atomic E-state index is 0.980. The maximum absolute atomic E-state index is 3.45. The molecule has 0 saturated carbocycles. The highest BCUT2D eigenvalue weighted by Gasteiger charge is 2.04. The number of nitrogens with zero attached hydrogens (tertiary/aromatic N) is 1. The molecule has 0 aliphatic heterocycles. The Hall–Kier alpha value is -1.02. The smallest absolute Gasteiger partial charge is 0.0393 e. The Morgan fingerprint density at radius 3 is 2.56 bits per heavy atom. The van der Waals surface area contributed by atoms with Gasteiger partial charge >= 0.3 is 0 Å². The molecule has 0 radical (unpaired) electrons. The van der Waals surface area contributed by atoms with Gasteiger partial charge in [0.1, 0.15) is 0 Å². The van der Waals surface area contributed by atoms with Crippen molar-refractivity contribution in [1.29, 1.82) is 0 Å². The zero-order valence-electron chi connectivity index (χ0n) is 12.4. The summed E-state index contributed by atoms with van der Waals surface area (Å²) in [4.78, 5) is 2.36. The number of benzene rings is 1. The van der Waals surface area contributed by atoms with Crippen molar-refractivity contribution in [1.82, 2.24) is 5.32 Å². The zero-order chi connectivity index (χ0) is 13.4. The summed E-state index contributed by atoms with van der Waals surface area (Å²) in [6, 6.07) is 6.81. The Labute approximate surface area is 112 Å². The van der Waals surface area contributed by atoms with Crippen LogP contribution in [0, 0.1) is 6.92 Å². The number of hydrogen-bond donors (Lipinski definition) is 1. The first-order valence-corrected chi connectivity index (χ1v) is 7.20. The van der Waals surface area contributed by atoms with Crippen molar-refractivity contribution in [3.63, 3.8) is 0 Å². The predicted molar refractivity (Wildman–Crippen MR) is 81.4 cm³/mol. The Bertz CT molecular complexity index is 347. The Morgan fingerprint density at radius 2 is 1.94 bits per heavy atom. The summed E-state index contributed by atoms with van der Waals surface area (Å²) in [5, 5.41) is 3.45. The summed E-state index contributed by atoms with van der Waals surface area (Å²) in [5.41, 5.74) is 4.13. The van der Waals surface area contributed by atoms with Crippen LogP contribution in [-0.4, -0.2) is 20.1 Å². The minimum Gasteiger partial charge on any atom is -0.374 e. The first-order valence-electron chi connectivity index (χ1n) is 7.20. The fraction of sp³-hybridized carbons (Fsp3) is 0.625. The molecule has 1 rings (SSSR count). The van der Waals surface area contributed by atoms with E-state index in [1.165, 1.54) is 36.1 Å². The fourth-order valence-electron chi connectivity index (χ4n) is 2.18. The Morgan fingerprint density at radius 1 is 1.17 bits per heavy atom. The number of anilines is 1. The van der Waals surface area contributed by atoms with Gasteiger partial charge in [0.25, 0.3) is 0 Å². The third-order valence-corrected chi connectivity index (χ3v) is 3.28. The molecule has 1 N–H and O–H groups in total. The van der Waals surface area contributed by atoms with Crippen LogP contribution in [-0.2, 0) is 6.54 Å². The van der Waals surface area contributed by atoms with Crippen molar-refractivity contribution in [3.05, 3.63) is 29.3 Å². The molecule has 1 aromatic rings. The monoisotopic (exact) mass is 248 g/mol. The van der Waals surface area contributed by atoms with E-state index >= 15 is 0 Å². The third kappa shape index (κ3) is 4.69. The lowest BCUT2D eigenvalue weighted by molar-refractivity contribution is 0.675. The van der Waals surface area contributed by atoms with Gasteiger partial charge in [-0.2, -0.15) is 0 Å². The number of nitrogens with one attached hydrogen (secondary N) is 1. The second-order valence-corrected chi connectivity index (χ2v) is 5.07. The quantitative estimate of drug-likeness (QED) is 0.705. The second kappa shape index (κ2) is 8.15. The Kier molecular flexibility index (Phi) is 6.81. The molecule has 0 spiro atoms. The van der Waals surface area contributed by atoms with Crippen molar-refractivity contribution in [3.8, 4) is 0 Å². The molecule has 0 bridgehead atoms. The average molecular weight is 248 g/mol. The molecule has 2 nitrogen and oxygen atoms in total. The molecule has 0 aliphatic rings. The van der Waals surface area contributed by atoms with E-state index in [0.29, 0.717) is 0 Å². The highest BCUT2D eigenvalue weighted by molar-refractivity contribution is 5.53. The summed E-state index contributed by atoms with van der Waals surface area (Å²) < 4.78 is 0. The molecule has 0 amide bonds. The maximum atomic E-state index is 3.45. The van der Waals surface area contributed by atoms with E-state index < -0.39 is 0 Å². The van der Waals surface area contributed by atoms with Gasteiger partial charge in [0.15, 0.2) is 0 Å². The van der Waals surface area contributed by atoms with Crippen LogP contribution in [0.3, 0.4) is 0 Å². The molecule has 0 unspecified atom stereocenters. The fourth-order valence-corrected chi connectivity index (χ4v) is 2.18. The van der Waals surface area contributed by atoms with Gasteiger partial charge in [0, 0.05) is 25.8 Å². The molecule has 102 valence electrons. The lowest BCUT2D eigenvalue weighted by Gasteiger charge is -2.21. The SMILES string of the molecule is CCCCN(C)c1ccc(CNCCC)cc1C. The topological polar surface area (TPSA) is 15.3 Å². The Balaban J connectivity index is 2.61. The first kappa shape index (κ1) is 15.0. The summed E-state index contributed by atoms with van der Waals surface area (Å²) in [5.74, 6) is 0. The van der Waals surface area contributed by atoms with Crippen LogP contribution in [0.1, 0.15) is 44.2 Å². The maximum Gasteiger partial charge on any atom is 0.0393 e. The van der Waals surface area contributed by atoms with Gasteiger partial charge in [-0.3, -0.25) is 0 Å². The van der Waals surface area contributed by atoms with E-state index in [2.05, 4.69) is 56.2 Å². The van der Waals surface area contributed by atoms with E-state index in [4.69, 9.17) is 0 Å². The minimum absolute atomic E-state index is 0.980. The molecular weight excluding hydrogens is 220 g/mol. The zero-order valence-corrected chi connectivity index (χ0v) is 12.4. The van der Waals surface area contributed by atoms with Crippen molar-refractivity contribution < 1.29 is 0 Å². The van der Waals surface area contributed by atoms with Gasteiger partial charge in [-0.05, 0) is 43.5 Å². The standard InChI is InChI=1S/C16H28N2/c1-5-7-11-18(4)16-9-8-15(12-14(16)3)13-17-10-6-2/h8-9,12,17H,5-7,10-11,13H2,1-4H3. The van der Waals surface area contributed by atoms with Crippen LogP contribution in [0.25, 0.3) is 0 Å². The lowest BCUT2D eigenvalue weighted by atomic mass is 10.1.